The number of hydrogen-bond acceptors (Lipinski definition) is 4. The van der Waals surface area contributed by atoms with Gasteiger partial charge < -0.3 is 25.4 Å². The summed E-state index contributed by atoms with van der Waals surface area (Å²) >= 11 is 0. The summed E-state index contributed by atoms with van der Waals surface area (Å²) in [6.45, 7) is 13.7. The molecule has 1 aliphatic rings. The van der Waals surface area contributed by atoms with Gasteiger partial charge >= 0.3 is 0 Å². The summed E-state index contributed by atoms with van der Waals surface area (Å²) in [6, 6.07) is 7.61. The maximum absolute atomic E-state index is 10.5. The topological polar surface area (TPSA) is 69.1 Å². The van der Waals surface area contributed by atoms with E-state index in [1.54, 1.807) is 0 Å². The van der Waals surface area contributed by atoms with E-state index in [0.29, 0.717) is 12.5 Å². The Morgan fingerprint density at radius 1 is 1.33 bits per heavy atom. The lowest BCUT2D eigenvalue weighted by atomic mass is 10.1. The van der Waals surface area contributed by atoms with Gasteiger partial charge in [-0.3, -0.25) is 4.99 Å². The third-order valence-electron chi connectivity index (χ3n) is 4.76. The van der Waals surface area contributed by atoms with Crippen molar-refractivity contribution in [3.8, 4) is 5.75 Å². The fraction of sp³-hybridized carbons (Fsp3) is 0.667. The van der Waals surface area contributed by atoms with Crippen molar-refractivity contribution in [3.05, 3.63) is 29.8 Å². The van der Waals surface area contributed by atoms with Gasteiger partial charge in [0.05, 0.1) is 18.8 Å². The highest BCUT2D eigenvalue weighted by atomic mass is 16.5. The Labute approximate surface area is 164 Å². The predicted molar refractivity (Wildman–Crippen MR) is 111 cm³/mol. The van der Waals surface area contributed by atoms with Crippen LogP contribution in [0.15, 0.2) is 29.3 Å². The lowest BCUT2D eigenvalue weighted by Gasteiger charge is -2.17. The molecule has 3 N–H and O–H groups in total. The standard InChI is InChI=1S/C21H36N4O2/c1-5-22-21(23-13-17-10-11-25(6-2)15-17)24-14-20(26)18-8-7-9-19(12-18)27-16(3)4/h7-9,12,16-17,20,26H,5-6,10-11,13-15H2,1-4H3,(H2,22,23,24). The van der Waals surface area contributed by atoms with Crippen LogP contribution in [0.25, 0.3) is 0 Å². The average molecular weight is 377 g/mol. The minimum Gasteiger partial charge on any atom is -0.491 e. The zero-order valence-corrected chi connectivity index (χ0v) is 17.2. The van der Waals surface area contributed by atoms with Crippen LogP contribution < -0.4 is 15.4 Å². The van der Waals surface area contributed by atoms with E-state index in [4.69, 9.17) is 4.74 Å². The average Bonchev–Trinajstić information content (AvgIpc) is 3.11. The Morgan fingerprint density at radius 2 is 2.15 bits per heavy atom. The molecule has 1 heterocycles. The number of nitrogens with one attached hydrogen (secondary N) is 2. The zero-order chi connectivity index (χ0) is 19.6. The first-order valence-electron chi connectivity index (χ1n) is 10.2. The van der Waals surface area contributed by atoms with Gasteiger partial charge in [0, 0.05) is 19.6 Å². The number of ether oxygens (including phenoxy) is 1. The summed E-state index contributed by atoms with van der Waals surface area (Å²) in [7, 11) is 0. The van der Waals surface area contributed by atoms with E-state index >= 15 is 0 Å². The molecule has 0 radical (unpaired) electrons. The van der Waals surface area contributed by atoms with Crippen LogP contribution in [0.5, 0.6) is 5.75 Å². The summed E-state index contributed by atoms with van der Waals surface area (Å²) in [5.74, 6) is 2.20. The van der Waals surface area contributed by atoms with Crippen molar-refractivity contribution in [1.29, 1.82) is 0 Å². The summed E-state index contributed by atoms with van der Waals surface area (Å²) in [4.78, 5) is 7.05. The fourth-order valence-corrected chi connectivity index (χ4v) is 3.30. The van der Waals surface area contributed by atoms with Crippen LogP contribution in [0.3, 0.4) is 0 Å². The number of aliphatic hydroxyl groups excluding tert-OH is 1. The van der Waals surface area contributed by atoms with Crippen molar-refractivity contribution in [2.75, 3.05) is 39.3 Å². The van der Waals surface area contributed by atoms with Gasteiger partial charge in [0.1, 0.15) is 5.75 Å². The van der Waals surface area contributed by atoms with Crippen LogP contribution in [0.2, 0.25) is 0 Å². The molecule has 1 fully saturated rings. The van der Waals surface area contributed by atoms with Crippen LogP contribution in [-0.4, -0.2) is 61.3 Å². The third-order valence-corrected chi connectivity index (χ3v) is 4.76. The second kappa shape index (κ2) is 11.1. The third kappa shape index (κ3) is 7.39. The lowest BCUT2D eigenvalue weighted by Crippen LogP contribution is -2.40. The highest BCUT2D eigenvalue weighted by molar-refractivity contribution is 5.79. The maximum Gasteiger partial charge on any atom is 0.191 e. The van der Waals surface area contributed by atoms with E-state index in [9.17, 15) is 5.11 Å². The molecule has 0 aromatic heterocycles. The molecule has 27 heavy (non-hydrogen) atoms. The molecule has 1 aromatic carbocycles. The molecule has 0 aliphatic carbocycles. The second-order valence-corrected chi connectivity index (χ2v) is 7.40. The molecule has 0 bridgehead atoms. The van der Waals surface area contributed by atoms with Gasteiger partial charge in [-0.05, 0) is 63.9 Å². The molecule has 0 amide bonds. The number of guanidine groups is 1. The number of hydrogen-bond donors (Lipinski definition) is 3. The van der Waals surface area contributed by atoms with Gasteiger partial charge in [0.2, 0.25) is 0 Å². The predicted octanol–water partition coefficient (Wildman–Crippen LogP) is 2.40. The highest BCUT2D eigenvalue weighted by Gasteiger charge is 2.21. The number of rotatable bonds is 9. The molecule has 6 nitrogen and oxygen atoms in total. The number of likely N-dealkylation sites (tertiary alicyclic amines) is 1. The second-order valence-electron chi connectivity index (χ2n) is 7.40. The molecule has 0 spiro atoms. The van der Waals surface area contributed by atoms with Crippen molar-refractivity contribution >= 4 is 5.96 Å². The van der Waals surface area contributed by atoms with E-state index in [-0.39, 0.29) is 6.10 Å². The Morgan fingerprint density at radius 3 is 2.81 bits per heavy atom. The Balaban J connectivity index is 1.89. The molecule has 0 saturated carbocycles. The Bertz CT molecular complexity index is 591. The minimum atomic E-state index is -0.654. The molecule has 152 valence electrons. The summed E-state index contributed by atoms with van der Waals surface area (Å²) in [5, 5.41) is 17.2. The minimum absolute atomic E-state index is 0.110. The van der Waals surface area contributed by atoms with E-state index in [2.05, 4.69) is 34.4 Å². The van der Waals surface area contributed by atoms with Crippen LogP contribution in [0.4, 0.5) is 0 Å². The van der Waals surface area contributed by atoms with Gasteiger partial charge in [0.25, 0.3) is 0 Å². The van der Waals surface area contributed by atoms with Gasteiger partial charge in [-0.25, -0.2) is 0 Å². The van der Waals surface area contributed by atoms with E-state index in [1.165, 1.54) is 13.0 Å². The molecule has 1 saturated heterocycles. The first-order chi connectivity index (χ1) is 13.0. The fourth-order valence-electron chi connectivity index (χ4n) is 3.30. The molecule has 2 rings (SSSR count). The van der Waals surface area contributed by atoms with Crippen molar-refractivity contribution in [1.82, 2.24) is 15.5 Å². The molecular formula is C21H36N4O2. The van der Waals surface area contributed by atoms with E-state index < -0.39 is 6.10 Å². The van der Waals surface area contributed by atoms with Gasteiger partial charge in [-0.2, -0.15) is 0 Å². The number of aliphatic hydroxyl groups is 1. The largest absolute Gasteiger partial charge is 0.491 e. The van der Waals surface area contributed by atoms with E-state index in [1.807, 2.05) is 38.1 Å². The monoisotopic (exact) mass is 376 g/mol. The molecule has 1 aromatic rings. The summed E-state index contributed by atoms with van der Waals surface area (Å²) in [5.41, 5.74) is 0.821. The normalized spacial score (nSPS) is 19.3. The van der Waals surface area contributed by atoms with Crippen molar-refractivity contribution in [2.24, 2.45) is 10.9 Å². The van der Waals surface area contributed by atoms with E-state index in [0.717, 1.165) is 43.5 Å². The summed E-state index contributed by atoms with van der Waals surface area (Å²) in [6.07, 6.45) is 0.684. The Kier molecular flexibility index (Phi) is 8.88. The van der Waals surface area contributed by atoms with Crippen molar-refractivity contribution in [2.45, 2.75) is 46.3 Å². The number of nitrogens with zero attached hydrogens (tertiary/aromatic N) is 2. The van der Waals surface area contributed by atoms with Gasteiger partial charge in [-0.15, -0.1) is 0 Å². The maximum atomic E-state index is 10.5. The smallest absolute Gasteiger partial charge is 0.191 e. The SMILES string of the molecule is CCNC(=NCC(O)c1cccc(OC(C)C)c1)NCC1CCN(CC)C1. The number of aliphatic imine (C=N–C) groups is 1. The van der Waals surface area contributed by atoms with Gasteiger partial charge in [-0.1, -0.05) is 19.1 Å². The molecule has 2 atom stereocenters. The molecule has 2 unspecified atom stereocenters. The molecular weight excluding hydrogens is 340 g/mol. The van der Waals surface area contributed by atoms with Gasteiger partial charge in [0.15, 0.2) is 5.96 Å². The Hall–Kier alpha value is -1.79. The van der Waals surface area contributed by atoms with Crippen LogP contribution in [-0.2, 0) is 0 Å². The van der Waals surface area contributed by atoms with Crippen molar-refractivity contribution < 1.29 is 9.84 Å². The zero-order valence-electron chi connectivity index (χ0n) is 17.2. The molecule has 1 aliphatic heterocycles. The van der Waals surface area contributed by atoms with Crippen LogP contribution in [0, 0.1) is 5.92 Å². The van der Waals surface area contributed by atoms with Crippen LogP contribution in [0.1, 0.15) is 45.8 Å². The highest BCUT2D eigenvalue weighted by Crippen LogP contribution is 2.20. The first-order valence-corrected chi connectivity index (χ1v) is 10.2. The molecule has 6 heteroatoms. The number of benzene rings is 1. The van der Waals surface area contributed by atoms with Crippen LogP contribution >= 0.6 is 0 Å². The quantitative estimate of drug-likeness (QED) is 0.456. The van der Waals surface area contributed by atoms with Crippen molar-refractivity contribution in [3.63, 3.8) is 0 Å². The first kappa shape index (κ1) is 21.5. The lowest BCUT2D eigenvalue weighted by molar-refractivity contribution is 0.185. The summed E-state index contributed by atoms with van der Waals surface area (Å²) < 4.78 is 5.71.